The molecule has 1 heterocycles. The van der Waals surface area contributed by atoms with Gasteiger partial charge in [-0.2, -0.15) is 0 Å². The lowest BCUT2D eigenvalue weighted by Crippen LogP contribution is -2.48. The fourth-order valence-corrected chi connectivity index (χ4v) is 4.43. The fourth-order valence-electron chi connectivity index (χ4n) is 4.43. The lowest BCUT2D eigenvalue weighted by Gasteiger charge is -2.39. The molecule has 4 nitrogen and oxygen atoms in total. The van der Waals surface area contributed by atoms with Gasteiger partial charge in [0.05, 0.1) is 12.5 Å². The molecule has 126 valence electrons. The molecule has 2 atom stereocenters. The first kappa shape index (κ1) is 16.3. The van der Waals surface area contributed by atoms with E-state index in [1.165, 1.54) is 19.3 Å². The van der Waals surface area contributed by atoms with Crippen LogP contribution in [0.3, 0.4) is 0 Å². The molecule has 2 fully saturated rings. The molecular formula is C19H28N2O2. The molecule has 1 saturated carbocycles. The lowest BCUT2D eigenvalue weighted by atomic mass is 9.67. The number of fused-ring (bicyclic) bond motifs is 1. The number of hydrogen-bond acceptors (Lipinski definition) is 3. The molecule has 23 heavy (non-hydrogen) atoms. The minimum Gasteiger partial charge on any atom is -0.496 e. The van der Waals surface area contributed by atoms with Crippen LogP contribution in [0.5, 0.6) is 5.75 Å². The molecule has 0 bridgehead atoms. The van der Waals surface area contributed by atoms with Crippen molar-refractivity contribution >= 4 is 5.91 Å². The van der Waals surface area contributed by atoms with Gasteiger partial charge in [0, 0.05) is 20.1 Å². The first-order valence-corrected chi connectivity index (χ1v) is 8.66. The number of carbonyl (C=O) groups excluding carboxylic acids is 1. The summed E-state index contributed by atoms with van der Waals surface area (Å²) in [6, 6.07) is 6.16. The number of nitrogens with zero attached hydrogens (tertiary/aromatic N) is 1. The van der Waals surface area contributed by atoms with Gasteiger partial charge in [-0.25, -0.2) is 0 Å². The van der Waals surface area contributed by atoms with Crippen LogP contribution in [0, 0.1) is 18.3 Å². The first-order valence-electron chi connectivity index (χ1n) is 8.66. The molecule has 0 unspecified atom stereocenters. The van der Waals surface area contributed by atoms with E-state index in [2.05, 4.69) is 17.4 Å². The van der Waals surface area contributed by atoms with Gasteiger partial charge in [0.2, 0.25) is 5.91 Å². The average molecular weight is 316 g/mol. The molecule has 1 aliphatic carbocycles. The number of ether oxygens (including phenoxy) is 1. The van der Waals surface area contributed by atoms with Crippen molar-refractivity contribution in [3.63, 3.8) is 0 Å². The van der Waals surface area contributed by atoms with E-state index in [1.54, 1.807) is 7.11 Å². The van der Waals surface area contributed by atoms with E-state index in [-0.39, 0.29) is 5.41 Å². The summed E-state index contributed by atoms with van der Waals surface area (Å²) in [6.45, 7) is 4.56. The molecule has 4 heteroatoms. The second-order valence-corrected chi connectivity index (χ2v) is 7.19. The SMILES string of the molecule is COc1ccc(CN(C)C(=O)[C@@]23CCCC[C@H]2CNC3)cc1C. The zero-order valence-electron chi connectivity index (χ0n) is 14.5. The number of aryl methyl sites for hydroxylation is 1. The van der Waals surface area contributed by atoms with Crippen LogP contribution < -0.4 is 10.1 Å². The van der Waals surface area contributed by atoms with Crippen molar-refractivity contribution in [2.45, 2.75) is 39.2 Å². The van der Waals surface area contributed by atoms with Gasteiger partial charge in [-0.1, -0.05) is 25.0 Å². The van der Waals surface area contributed by atoms with Gasteiger partial charge in [-0.15, -0.1) is 0 Å². The largest absolute Gasteiger partial charge is 0.496 e. The van der Waals surface area contributed by atoms with Crippen LogP contribution in [0.4, 0.5) is 0 Å². The Morgan fingerprint density at radius 1 is 1.43 bits per heavy atom. The Morgan fingerprint density at radius 3 is 3.00 bits per heavy atom. The van der Waals surface area contributed by atoms with Crippen molar-refractivity contribution in [1.29, 1.82) is 0 Å². The van der Waals surface area contributed by atoms with E-state index >= 15 is 0 Å². The minimum atomic E-state index is -0.158. The highest BCUT2D eigenvalue weighted by Gasteiger charge is 2.50. The van der Waals surface area contributed by atoms with Gasteiger partial charge in [-0.3, -0.25) is 4.79 Å². The van der Waals surface area contributed by atoms with Gasteiger partial charge < -0.3 is 15.0 Å². The van der Waals surface area contributed by atoms with E-state index in [9.17, 15) is 4.79 Å². The molecule has 1 saturated heterocycles. The Kier molecular flexibility index (Phi) is 4.62. The van der Waals surface area contributed by atoms with Gasteiger partial charge in [0.15, 0.2) is 0 Å². The molecule has 1 aromatic rings. The molecule has 1 amide bonds. The topological polar surface area (TPSA) is 41.6 Å². The zero-order valence-corrected chi connectivity index (χ0v) is 14.5. The first-order chi connectivity index (χ1) is 11.1. The number of hydrogen-bond donors (Lipinski definition) is 1. The van der Waals surface area contributed by atoms with Crippen LogP contribution in [0.2, 0.25) is 0 Å². The number of amides is 1. The summed E-state index contributed by atoms with van der Waals surface area (Å²) in [5.74, 6) is 1.73. The Labute approximate surface area is 139 Å². The summed E-state index contributed by atoms with van der Waals surface area (Å²) in [6.07, 6.45) is 4.67. The highest BCUT2D eigenvalue weighted by atomic mass is 16.5. The Balaban J connectivity index is 1.73. The summed E-state index contributed by atoms with van der Waals surface area (Å²) < 4.78 is 5.31. The molecule has 1 aromatic carbocycles. The Hall–Kier alpha value is -1.55. The molecule has 2 aliphatic rings. The quantitative estimate of drug-likeness (QED) is 0.929. The molecule has 1 N–H and O–H groups in total. The standard InChI is InChI=1S/C19H28N2O2/c1-14-10-15(7-8-17(14)23-3)12-21(2)18(22)19-9-5-4-6-16(19)11-20-13-19/h7-8,10,16,20H,4-6,9,11-13H2,1-3H3/t16-,19+/m0/s1. The number of nitrogens with one attached hydrogen (secondary N) is 1. The summed E-state index contributed by atoms with van der Waals surface area (Å²) in [7, 11) is 3.63. The van der Waals surface area contributed by atoms with E-state index in [0.29, 0.717) is 18.4 Å². The van der Waals surface area contributed by atoms with Crippen molar-refractivity contribution in [3.8, 4) is 5.75 Å². The average Bonchev–Trinajstić information content (AvgIpc) is 2.99. The highest BCUT2D eigenvalue weighted by molar-refractivity contribution is 5.83. The molecule has 3 rings (SSSR count). The number of carbonyl (C=O) groups is 1. The number of rotatable bonds is 4. The number of benzene rings is 1. The van der Waals surface area contributed by atoms with Crippen molar-refractivity contribution in [2.75, 3.05) is 27.2 Å². The Bertz CT molecular complexity index is 587. The maximum atomic E-state index is 13.2. The summed E-state index contributed by atoms with van der Waals surface area (Å²) >= 11 is 0. The predicted octanol–water partition coefficient (Wildman–Crippen LogP) is 2.74. The van der Waals surface area contributed by atoms with Crippen LogP contribution in [0.1, 0.15) is 36.8 Å². The third-order valence-electron chi connectivity index (χ3n) is 5.69. The van der Waals surface area contributed by atoms with Crippen LogP contribution in [-0.4, -0.2) is 38.1 Å². The summed E-state index contributed by atoms with van der Waals surface area (Å²) in [5.41, 5.74) is 2.12. The minimum absolute atomic E-state index is 0.158. The molecule has 1 aliphatic heterocycles. The van der Waals surface area contributed by atoms with Crippen molar-refractivity contribution < 1.29 is 9.53 Å². The van der Waals surface area contributed by atoms with Crippen LogP contribution in [0.15, 0.2) is 18.2 Å². The van der Waals surface area contributed by atoms with Gasteiger partial charge in [0.25, 0.3) is 0 Å². The Morgan fingerprint density at radius 2 is 2.26 bits per heavy atom. The molecule has 0 aromatic heterocycles. The van der Waals surface area contributed by atoms with Crippen LogP contribution in [-0.2, 0) is 11.3 Å². The maximum absolute atomic E-state index is 13.2. The van der Waals surface area contributed by atoms with Crippen LogP contribution >= 0.6 is 0 Å². The third-order valence-corrected chi connectivity index (χ3v) is 5.69. The summed E-state index contributed by atoms with van der Waals surface area (Å²) in [5, 5.41) is 3.46. The van der Waals surface area contributed by atoms with Crippen LogP contribution in [0.25, 0.3) is 0 Å². The third kappa shape index (κ3) is 2.97. The normalized spacial score (nSPS) is 26.7. The van der Waals surface area contributed by atoms with Crippen molar-refractivity contribution in [3.05, 3.63) is 29.3 Å². The second kappa shape index (κ2) is 6.52. The van der Waals surface area contributed by atoms with E-state index in [4.69, 9.17) is 4.74 Å². The molecular weight excluding hydrogens is 288 g/mol. The van der Waals surface area contributed by atoms with E-state index in [0.717, 1.165) is 36.4 Å². The van der Waals surface area contributed by atoms with E-state index < -0.39 is 0 Å². The fraction of sp³-hybridized carbons (Fsp3) is 0.632. The summed E-state index contributed by atoms with van der Waals surface area (Å²) in [4.78, 5) is 15.1. The monoisotopic (exact) mass is 316 g/mol. The smallest absolute Gasteiger partial charge is 0.230 e. The lowest BCUT2D eigenvalue weighted by molar-refractivity contribution is -0.144. The maximum Gasteiger partial charge on any atom is 0.230 e. The van der Waals surface area contributed by atoms with E-state index in [1.807, 2.05) is 24.9 Å². The highest BCUT2D eigenvalue weighted by Crippen LogP contribution is 2.45. The van der Waals surface area contributed by atoms with Gasteiger partial charge in [0.1, 0.15) is 5.75 Å². The molecule has 0 radical (unpaired) electrons. The number of methoxy groups -OCH3 is 1. The predicted molar refractivity (Wildman–Crippen MR) is 91.5 cm³/mol. The van der Waals surface area contributed by atoms with Crippen molar-refractivity contribution in [1.82, 2.24) is 10.2 Å². The molecule has 0 spiro atoms. The van der Waals surface area contributed by atoms with Crippen molar-refractivity contribution in [2.24, 2.45) is 11.3 Å². The van der Waals surface area contributed by atoms with Gasteiger partial charge >= 0.3 is 0 Å². The zero-order chi connectivity index (χ0) is 16.4. The van der Waals surface area contributed by atoms with Gasteiger partial charge in [-0.05, 0) is 49.4 Å². The second-order valence-electron chi connectivity index (χ2n) is 7.19.